The third-order valence-corrected chi connectivity index (χ3v) is 4.32. The highest BCUT2D eigenvalue weighted by molar-refractivity contribution is 9.11. The van der Waals surface area contributed by atoms with Crippen LogP contribution in [0, 0.1) is 6.92 Å². The Hall–Kier alpha value is -0.510. The predicted octanol–water partition coefficient (Wildman–Crippen LogP) is 5.85. The number of hydrogen-bond donors (Lipinski definition) is 0. The number of rotatable bonds is 2. The molecule has 0 radical (unpaired) electrons. The average Bonchev–Trinajstić information content (AvgIpc) is 2.31. The molecule has 0 saturated carbocycles. The van der Waals surface area contributed by atoms with E-state index in [-0.39, 0.29) is 0 Å². The van der Waals surface area contributed by atoms with Crippen LogP contribution in [0.1, 0.15) is 5.56 Å². The first-order valence-electron chi connectivity index (χ1n) is 5.33. The van der Waals surface area contributed by atoms with Crippen LogP contribution < -0.4 is 4.74 Å². The molecule has 0 saturated heterocycles. The minimum atomic E-state index is 0.736. The Kier molecular flexibility index (Phi) is 4.36. The second-order valence-corrected chi connectivity index (χ2v) is 6.01. The maximum atomic E-state index is 6.30. The third kappa shape index (κ3) is 2.58. The molecule has 1 nitrogen and oxygen atoms in total. The van der Waals surface area contributed by atoms with Crippen molar-refractivity contribution in [3.05, 3.63) is 49.9 Å². The highest BCUT2D eigenvalue weighted by Gasteiger charge is 2.13. The normalized spacial score (nSPS) is 10.5. The molecule has 0 spiro atoms. The van der Waals surface area contributed by atoms with E-state index in [4.69, 9.17) is 16.3 Å². The van der Waals surface area contributed by atoms with Crippen molar-refractivity contribution in [2.45, 2.75) is 6.92 Å². The fourth-order valence-corrected chi connectivity index (χ4v) is 3.53. The largest absolute Gasteiger partial charge is 0.496 e. The topological polar surface area (TPSA) is 9.23 Å². The zero-order valence-electron chi connectivity index (χ0n) is 9.93. The molecule has 0 aliphatic carbocycles. The predicted molar refractivity (Wildman–Crippen MR) is 83.6 cm³/mol. The van der Waals surface area contributed by atoms with Crippen molar-refractivity contribution in [2.24, 2.45) is 0 Å². The van der Waals surface area contributed by atoms with Gasteiger partial charge in [0.15, 0.2) is 0 Å². The van der Waals surface area contributed by atoms with Crippen molar-refractivity contribution < 1.29 is 4.74 Å². The molecule has 0 amide bonds. The van der Waals surface area contributed by atoms with Gasteiger partial charge in [0, 0.05) is 20.6 Å². The Bertz CT molecular complexity index is 576. The fraction of sp³-hybridized carbons (Fsp3) is 0.143. The van der Waals surface area contributed by atoms with Crippen LogP contribution in [0.15, 0.2) is 39.3 Å². The van der Waals surface area contributed by atoms with Gasteiger partial charge in [-0.1, -0.05) is 39.7 Å². The summed E-state index contributed by atoms with van der Waals surface area (Å²) in [7, 11) is 1.65. The summed E-state index contributed by atoms with van der Waals surface area (Å²) in [5, 5.41) is 0.736. The molecule has 0 heterocycles. The van der Waals surface area contributed by atoms with Gasteiger partial charge in [0.2, 0.25) is 0 Å². The molecule has 94 valence electrons. The van der Waals surface area contributed by atoms with E-state index in [0.29, 0.717) is 0 Å². The maximum absolute atomic E-state index is 6.30. The molecule has 2 aromatic rings. The van der Waals surface area contributed by atoms with E-state index in [2.05, 4.69) is 31.9 Å². The first kappa shape index (κ1) is 13.9. The molecule has 2 aromatic carbocycles. The van der Waals surface area contributed by atoms with Gasteiger partial charge in [0.1, 0.15) is 5.75 Å². The summed E-state index contributed by atoms with van der Waals surface area (Å²) < 4.78 is 7.22. The molecule has 0 atom stereocenters. The van der Waals surface area contributed by atoms with Crippen LogP contribution in [0.25, 0.3) is 11.1 Å². The van der Waals surface area contributed by atoms with Crippen LogP contribution in [-0.4, -0.2) is 7.11 Å². The molecule has 0 aliphatic heterocycles. The molecule has 18 heavy (non-hydrogen) atoms. The lowest BCUT2D eigenvalue weighted by molar-refractivity contribution is 0.412. The van der Waals surface area contributed by atoms with Gasteiger partial charge in [-0.05, 0) is 46.6 Å². The van der Waals surface area contributed by atoms with Gasteiger partial charge in [-0.15, -0.1) is 0 Å². The van der Waals surface area contributed by atoms with Crippen molar-refractivity contribution in [3.63, 3.8) is 0 Å². The summed E-state index contributed by atoms with van der Waals surface area (Å²) in [5.41, 5.74) is 3.18. The van der Waals surface area contributed by atoms with Crippen LogP contribution in [0.2, 0.25) is 5.02 Å². The standard InChI is InChI=1S/C14H11Br2ClO/c1-8-4-3-5-12(17)14(8)9-6-13(18-2)11(16)7-10(9)15/h3-7H,1-2H3. The van der Waals surface area contributed by atoms with E-state index in [1.165, 1.54) is 0 Å². The van der Waals surface area contributed by atoms with E-state index in [0.717, 1.165) is 36.4 Å². The molecule has 0 fully saturated rings. The van der Waals surface area contributed by atoms with Crippen molar-refractivity contribution in [1.29, 1.82) is 0 Å². The lowest BCUT2D eigenvalue weighted by Gasteiger charge is -2.13. The Balaban J connectivity index is 2.71. The summed E-state index contributed by atoms with van der Waals surface area (Å²) in [6, 6.07) is 9.83. The maximum Gasteiger partial charge on any atom is 0.133 e. The molecule has 0 aromatic heterocycles. The van der Waals surface area contributed by atoms with Gasteiger partial charge in [0.05, 0.1) is 11.6 Å². The van der Waals surface area contributed by atoms with Crippen LogP contribution in [0.4, 0.5) is 0 Å². The average molecular weight is 391 g/mol. The lowest BCUT2D eigenvalue weighted by atomic mass is 10.0. The highest BCUT2D eigenvalue weighted by atomic mass is 79.9. The first-order chi connectivity index (χ1) is 8.54. The van der Waals surface area contributed by atoms with Crippen LogP contribution >= 0.6 is 43.5 Å². The Morgan fingerprint density at radius 1 is 1.11 bits per heavy atom. The van der Waals surface area contributed by atoms with E-state index >= 15 is 0 Å². The van der Waals surface area contributed by atoms with Gasteiger partial charge in [-0.3, -0.25) is 0 Å². The van der Waals surface area contributed by atoms with Crippen molar-refractivity contribution in [2.75, 3.05) is 7.11 Å². The molecule has 0 bridgehead atoms. The number of benzene rings is 2. The second kappa shape index (κ2) is 5.64. The highest BCUT2D eigenvalue weighted by Crippen LogP contribution is 2.40. The van der Waals surface area contributed by atoms with E-state index in [1.54, 1.807) is 7.11 Å². The number of halogens is 3. The second-order valence-electron chi connectivity index (χ2n) is 3.90. The molecular weight excluding hydrogens is 379 g/mol. The molecular formula is C14H11Br2ClO. The summed E-state index contributed by atoms with van der Waals surface area (Å²) in [6.07, 6.45) is 0. The monoisotopic (exact) mass is 388 g/mol. The van der Waals surface area contributed by atoms with E-state index in [9.17, 15) is 0 Å². The number of ether oxygens (including phenoxy) is 1. The van der Waals surface area contributed by atoms with E-state index < -0.39 is 0 Å². The Labute approximate surface area is 128 Å². The van der Waals surface area contributed by atoms with Crippen LogP contribution in [0.5, 0.6) is 5.75 Å². The van der Waals surface area contributed by atoms with E-state index in [1.807, 2.05) is 37.3 Å². The number of hydrogen-bond acceptors (Lipinski definition) is 1. The van der Waals surface area contributed by atoms with Gasteiger partial charge >= 0.3 is 0 Å². The molecule has 0 aliphatic rings. The summed E-state index contributed by atoms with van der Waals surface area (Å²) >= 11 is 13.3. The van der Waals surface area contributed by atoms with Gasteiger partial charge in [-0.25, -0.2) is 0 Å². The summed E-state index contributed by atoms with van der Waals surface area (Å²) in [4.78, 5) is 0. The van der Waals surface area contributed by atoms with Gasteiger partial charge < -0.3 is 4.74 Å². The number of aryl methyl sites for hydroxylation is 1. The fourth-order valence-electron chi connectivity index (χ4n) is 1.85. The summed E-state index contributed by atoms with van der Waals surface area (Å²) in [5.74, 6) is 0.785. The van der Waals surface area contributed by atoms with Crippen molar-refractivity contribution in [3.8, 4) is 16.9 Å². The van der Waals surface area contributed by atoms with Gasteiger partial charge in [0.25, 0.3) is 0 Å². The molecule has 4 heteroatoms. The summed E-state index contributed by atoms with van der Waals surface area (Å²) in [6.45, 7) is 2.04. The molecule has 0 unspecified atom stereocenters. The zero-order valence-corrected chi connectivity index (χ0v) is 13.9. The lowest BCUT2D eigenvalue weighted by Crippen LogP contribution is -1.90. The quantitative estimate of drug-likeness (QED) is 0.625. The van der Waals surface area contributed by atoms with Crippen LogP contribution in [-0.2, 0) is 0 Å². The van der Waals surface area contributed by atoms with Crippen molar-refractivity contribution in [1.82, 2.24) is 0 Å². The smallest absolute Gasteiger partial charge is 0.133 e. The number of methoxy groups -OCH3 is 1. The Morgan fingerprint density at radius 3 is 2.44 bits per heavy atom. The molecule has 0 N–H and O–H groups in total. The molecule has 2 rings (SSSR count). The van der Waals surface area contributed by atoms with Crippen LogP contribution in [0.3, 0.4) is 0 Å². The minimum Gasteiger partial charge on any atom is -0.496 e. The van der Waals surface area contributed by atoms with Gasteiger partial charge in [-0.2, -0.15) is 0 Å². The SMILES string of the molecule is COc1cc(-c2c(C)cccc2Cl)c(Br)cc1Br. The van der Waals surface area contributed by atoms with Crippen molar-refractivity contribution >= 4 is 43.5 Å². The first-order valence-corrected chi connectivity index (χ1v) is 7.29. The third-order valence-electron chi connectivity index (χ3n) is 2.73. The Morgan fingerprint density at radius 2 is 1.83 bits per heavy atom. The minimum absolute atomic E-state index is 0.736. The zero-order chi connectivity index (χ0) is 13.3.